The normalized spacial score (nSPS) is 22.5. The maximum absolute atomic E-state index is 12.5. The minimum absolute atomic E-state index is 0.0582. The average Bonchev–Trinajstić information content (AvgIpc) is 2.48. The van der Waals surface area contributed by atoms with Crippen molar-refractivity contribution in [3.8, 4) is 0 Å². The monoisotopic (exact) mass is 287 g/mol. The number of hydrogen-bond donors (Lipinski definition) is 1. The van der Waals surface area contributed by atoms with Crippen molar-refractivity contribution < 1.29 is 14.7 Å². The topological polar surface area (TPSA) is 57.6 Å². The molecule has 0 aromatic heterocycles. The van der Waals surface area contributed by atoms with Gasteiger partial charge in [0.1, 0.15) is 0 Å². The third-order valence-corrected chi connectivity index (χ3v) is 4.21. The largest absolute Gasteiger partial charge is 0.478 e. The number of piperidine rings is 1. The number of likely N-dealkylation sites (tertiary alicyclic amines) is 1. The van der Waals surface area contributed by atoms with Gasteiger partial charge in [0.15, 0.2) is 0 Å². The maximum Gasteiger partial charge on any atom is 0.328 e. The number of carboxylic acids is 1. The second-order valence-electron chi connectivity index (χ2n) is 5.65. The molecule has 0 saturated carbocycles. The van der Waals surface area contributed by atoms with E-state index in [-0.39, 0.29) is 11.9 Å². The third kappa shape index (κ3) is 3.72. The summed E-state index contributed by atoms with van der Waals surface area (Å²) in [5.41, 5.74) is 1.43. The summed E-state index contributed by atoms with van der Waals surface area (Å²) in [7, 11) is 0. The van der Waals surface area contributed by atoms with E-state index in [0.717, 1.165) is 24.6 Å². The molecule has 0 radical (unpaired) electrons. The Balaban J connectivity index is 2.11. The Morgan fingerprint density at radius 2 is 1.90 bits per heavy atom. The zero-order valence-corrected chi connectivity index (χ0v) is 12.5. The molecule has 1 amide bonds. The Kier molecular flexibility index (Phi) is 4.78. The van der Waals surface area contributed by atoms with Crippen LogP contribution < -0.4 is 0 Å². The number of rotatable bonds is 3. The van der Waals surface area contributed by atoms with Crippen molar-refractivity contribution in [3.63, 3.8) is 0 Å². The molecule has 4 nitrogen and oxygen atoms in total. The van der Waals surface area contributed by atoms with Gasteiger partial charge in [-0.2, -0.15) is 0 Å². The van der Waals surface area contributed by atoms with Crippen LogP contribution in [0.3, 0.4) is 0 Å². The fraction of sp³-hybridized carbons (Fsp3) is 0.412. The van der Waals surface area contributed by atoms with E-state index < -0.39 is 5.97 Å². The highest BCUT2D eigenvalue weighted by Gasteiger charge is 2.28. The van der Waals surface area contributed by atoms with Gasteiger partial charge in [0.25, 0.3) is 5.91 Å². The highest BCUT2D eigenvalue weighted by atomic mass is 16.4. The van der Waals surface area contributed by atoms with E-state index >= 15 is 0 Å². The predicted molar refractivity (Wildman–Crippen MR) is 82.0 cm³/mol. The Morgan fingerprint density at radius 1 is 1.24 bits per heavy atom. The molecule has 4 heteroatoms. The van der Waals surface area contributed by atoms with Gasteiger partial charge in [-0.15, -0.1) is 0 Å². The van der Waals surface area contributed by atoms with Crippen molar-refractivity contribution in [2.45, 2.75) is 32.7 Å². The van der Waals surface area contributed by atoms with Crippen LogP contribution in [0.25, 0.3) is 6.08 Å². The molecule has 1 aromatic carbocycles. The fourth-order valence-electron chi connectivity index (χ4n) is 2.69. The summed E-state index contributed by atoms with van der Waals surface area (Å²) in [5, 5.41) is 8.59. The Hall–Kier alpha value is -2.10. The summed E-state index contributed by atoms with van der Waals surface area (Å²) in [6, 6.07) is 7.32. The van der Waals surface area contributed by atoms with E-state index in [1.54, 1.807) is 24.3 Å². The van der Waals surface area contributed by atoms with Gasteiger partial charge >= 0.3 is 5.97 Å². The van der Waals surface area contributed by atoms with Crippen LogP contribution in [-0.4, -0.2) is 34.5 Å². The summed E-state index contributed by atoms with van der Waals surface area (Å²) < 4.78 is 0. The number of aliphatic carboxylic acids is 1. The molecule has 1 heterocycles. The summed E-state index contributed by atoms with van der Waals surface area (Å²) in [4.78, 5) is 25.0. The lowest BCUT2D eigenvalue weighted by Gasteiger charge is -2.38. The van der Waals surface area contributed by atoms with Crippen LogP contribution in [0.15, 0.2) is 30.3 Å². The zero-order valence-electron chi connectivity index (χ0n) is 12.5. The molecule has 112 valence electrons. The lowest BCUT2D eigenvalue weighted by atomic mass is 9.91. The van der Waals surface area contributed by atoms with Crippen LogP contribution in [0.4, 0.5) is 0 Å². The van der Waals surface area contributed by atoms with Gasteiger partial charge in [0.2, 0.25) is 0 Å². The van der Waals surface area contributed by atoms with E-state index in [2.05, 4.69) is 13.8 Å². The minimum Gasteiger partial charge on any atom is -0.478 e. The van der Waals surface area contributed by atoms with E-state index in [4.69, 9.17) is 5.11 Å². The lowest BCUT2D eigenvalue weighted by molar-refractivity contribution is -0.131. The molecule has 2 unspecified atom stereocenters. The van der Waals surface area contributed by atoms with Gasteiger partial charge in [0.05, 0.1) is 0 Å². The molecular weight excluding hydrogens is 266 g/mol. The summed E-state index contributed by atoms with van der Waals surface area (Å²) in [6.07, 6.45) is 4.83. The first-order valence-corrected chi connectivity index (χ1v) is 7.31. The van der Waals surface area contributed by atoms with Crippen molar-refractivity contribution in [2.24, 2.45) is 5.92 Å². The number of amides is 1. The summed E-state index contributed by atoms with van der Waals surface area (Å²) >= 11 is 0. The van der Waals surface area contributed by atoms with Gasteiger partial charge in [0, 0.05) is 24.2 Å². The Morgan fingerprint density at radius 3 is 2.52 bits per heavy atom. The molecular formula is C17H21NO3. The third-order valence-electron chi connectivity index (χ3n) is 4.21. The van der Waals surface area contributed by atoms with E-state index in [0.29, 0.717) is 11.5 Å². The Bertz CT molecular complexity index is 548. The number of benzene rings is 1. The maximum atomic E-state index is 12.5. The second kappa shape index (κ2) is 6.57. The first-order valence-electron chi connectivity index (χ1n) is 7.31. The minimum atomic E-state index is -0.980. The van der Waals surface area contributed by atoms with Crippen molar-refractivity contribution in [1.82, 2.24) is 4.90 Å². The second-order valence-corrected chi connectivity index (χ2v) is 5.65. The zero-order chi connectivity index (χ0) is 15.4. The SMILES string of the molecule is CC1CCCN(C(=O)c2ccc(C=CC(=O)O)cc2)C1C. The number of nitrogens with zero attached hydrogens (tertiary/aromatic N) is 1. The number of carbonyl (C=O) groups excluding carboxylic acids is 1. The first-order chi connectivity index (χ1) is 9.99. The lowest BCUT2D eigenvalue weighted by Crippen LogP contribution is -2.46. The van der Waals surface area contributed by atoms with Gasteiger partial charge in [-0.1, -0.05) is 19.1 Å². The van der Waals surface area contributed by atoms with Crippen LogP contribution in [0, 0.1) is 5.92 Å². The highest BCUT2D eigenvalue weighted by Crippen LogP contribution is 2.24. The standard InChI is InChI=1S/C17H21NO3/c1-12-4-3-11-18(13(12)2)17(21)15-8-5-14(6-9-15)7-10-16(19)20/h5-10,12-13H,3-4,11H2,1-2H3,(H,19,20). The van der Waals surface area contributed by atoms with Crippen LogP contribution in [0.1, 0.15) is 42.6 Å². The summed E-state index contributed by atoms with van der Waals surface area (Å²) in [5.74, 6) is -0.394. The summed E-state index contributed by atoms with van der Waals surface area (Å²) in [6.45, 7) is 5.10. The van der Waals surface area contributed by atoms with E-state index in [1.807, 2.05) is 4.90 Å². The Labute approximate surface area is 125 Å². The quantitative estimate of drug-likeness (QED) is 0.869. The van der Waals surface area contributed by atoms with Crippen LogP contribution in [0.5, 0.6) is 0 Å². The van der Waals surface area contributed by atoms with Crippen molar-refractivity contribution in [1.29, 1.82) is 0 Å². The smallest absolute Gasteiger partial charge is 0.328 e. The molecule has 1 aliphatic heterocycles. The fourth-order valence-corrected chi connectivity index (χ4v) is 2.69. The predicted octanol–water partition coefficient (Wildman–Crippen LogP) is 3.05. The molecule has 0 bridgehead atoms. The van der Waals surface area contributed by atoms with Gasteiger partial charge in [-0.3, -0.25) is 4.79 Å². The number of hydrogen-bond acceptors (Lipinski definition) is 2. The molecule has 21 heavy (non-hydrogen) atoms. The molecule has 1 N–H and O–H groups in total. The van der Waals surface area contributed by atoms with Crippen LogP contribution >= 0.6 is 0 Å². The van der Waals surface area contributed by atoms with E-state index in [1.165, 1.54) is 12.5 Å². The molecule has 0 spiro atoms. The van der Waals surface area contributed by atoms with Crippen LogP contribution in [-0.2, 0) is 4.79 Å². The van der Waals surface area contributed by atoms with Gasteiger partial charge in [-0.25, -0.2) is 4.79 Å². The molecule has 1 saturated heterocycles. The molecule has 0 aliphatic carbocycles. The molecule has 1 aliphatic rings. The van der Waals surface area contributed by atoms with Gasteiger partial charge < -0.3 is 10.0 Å². The van der Waals surface area contributed by atoms with Crippen LogP contribution in [0.2, 0.25) is 0 Å². The average molecular weight is 287 g/mol. The van der Waals surface area contributed by atoms with Crippen molar-refractivity contribution >= 4 is 18.0 Å². The van der Waals surface area contributed by atoms with Gasteiger partial charge in [-0.05, 0) is 49.5 Å². The van der Waals surface area contributed by atoms with Crippen molar-refractivity contribution in [3.05, 3.63) is 41.5 Å². The highest BCUT2D eigenvalue weighted by molar-refractivity contribution is 5.95. The molecule has 2 rings (SSSR count). The van der Waals surface area contributed by atoms with Crippen molar-refractivity contribution in [2.75, 3.05) is 6.54 Å². The molecule has 2 atom stereocenters. The number of carboxylic acid groups (broad SMARTS) is 1. The molecule has 1 fully saturated rings. The number of carbonyl (C=O) groups is 2. The molecule has 1 aromatic rings. The van der Waals surface area contributed by atoms with E-state index in [9.17, 15) is 9.59 Å². The first kappa shape index (κ1) is 15.3.